The zero-order valence-corrected chi connectivity index (χ0v) is 13.6. The molecule has 0 aliphatic carbocycles. The van der Waals surface area contributed by atoms with Crippen LogP contribution in [0.4, 0.5) is 0 Å². The lowest BCUT2D eigenvalue weighted by atomic mass is 10.1. The maximum atomic E-state index is 12.1. The number of carboxylic acids is 1. The molecule has 2 N–H and O–H groups in total. The van der Waals surface area contributed by atoms with Crippen LogP contribution in [0.5, 0.6) is 11.5 Å². The third kappa shape index (κ3) is 5.78. The van der Waals surface area contributed by atoms with E-state index in [1.54, 1.807) is 12.1 Å². The lowest BCUT2D eigenvalue weighted by Gasteiger charge is -2.15. The number of unbranched alkanes of at least 4 members (excludes halogenated alkanes) is 1. The largest absolute Gasteiger partial charge is 0.493 e. The summed E-state index contributed by atoms with van der Waals surface area (Å²) in [6, 6.07) is 3.60. The number of carboxylic acid groups (broad SMARTS) is 1. The highest BCUT2D eigenvalue weighted by molar-refractivity contribution is 5.97. The van der Waals surface area contributed by atoms with Crippen molar-refractivity contribution in [1.82, 2.24) is 5.32 Å². The molecule has 1 rings (SSSR count). The van der Waals surface area contributed by atoms with E-state index in [-0.39, 0.29) is 12.2 Å². The van der Waals surface area contributed by atoms with Gasteiger partial charge in [0, 0.05) is 12.7 Å². The Morgan fingerprint density at radius 3 is 2.57 bits per heavy atom. The summed E-state index contributed by atoms with van der Waals surface area (Å²) in [5.74, 6) is -0.712. The first-order valence-corrected chi connectivity index (χ1v) is 7.36. The molecule has 1 unspecified atom stereocenters. The van der Waals surface area contributed by atoms with E-state index in [2.05, 4.69) is 12.2 Å². The van der Waals surface area contributed by atoms with Crippen LogP contribution in [0.25, 0.3) is 0 Å². The Labute approximate surface area is 135 Å². The topological polar surface area (TPSA) is 94.1 Å². The molecule has 0 fully saturated rings. The third-order valence-electron chi connectivity index (χ3n) is 3.12. The minimum absolute atomic E-state index is 0.115. The molecule has 0 saturated carbocycles. The van der Waals surface area contributed by atoms with Crippen molar-refractivity contribution in [2.45, 2.75) is 25.8 Å². The highest BCUT2D eigenvalue weighted by Gasteiger charge is 2.21. The first-order chi connectivity index (χ1) is 11.0. The molecule has 0 radical (unpaired) electrons. The number of aliphatic carboxylic acids is 1. The Morgan fingerprint density at radius 1 is 1.26 bits per heavy atom. The van der Waals surface area contributed by atoms with Crippen LogP contribution < -0.4 is 14.8 Å². The van der Waals surface area contributed by atoms with Crippen molar-refractivity contribution in [2.24, 2.45) is 0 Å². The molecule has 128 valence electrons. The van der Waals surface area contributed by atoms with Crippen LogP contribution in [0.2, 0.25) is 0 Å². The standard InChI is InChI=1S/C16H23NO6/c1-4-5-8-23-13-7-6-11(9-14(13)22-3)15(18)17-12(10-21-2)16(19)20/h6-7,9,12H,4-5,8,10H2,1-3H3,(H,17,18)(H,19,20). The summed E-state index contributed by atoms with van der Waals surface area (Å²) in [7, 11) is 2.85. The summed E-state index contributed by atoms with van der Waals surface area (Å²) in [5, 5.41) is 11.4. The van der Waals surface area contributed by atoms with Crippen LogP contribution in [-0.4, -0.2) is 50.5 Å². The molecule has 1 atom stereocenters. The van der Waals surface area contributed by atoms with E-state index in [9.17, 15) is 9.59 Å². The van der Waals surface area contributed by atoms with E-state index in [1.807, 2.05) is 0 Å². The molecule has 23 heavy (non-hydrogen) atoms. The number of ether oxygens (including phenoxy) is 3. The molecule has 7 nitrogen and oxygen atoms in total. The fourth-order valence-electron chi connectivity index (χ4n) is 1.84. The summed E-state index contributed by atoms with van der Waals surface area (Å²) in [6.45, 7) is 2.51. The Hall–Kier alpha value is -2.28. The van der Waals surface area contributed by atoms with Crippen molar-refractivity contribution >= 4 is 11.9 Å². The monoisotopic (exact) mass is 325 g/mol. The van der Waals surface area contributed by atoms with Crippen molar-refractivity contribution in [3.8, 4) is 11.5 Å². The molecule has 1 aromatic carbocycles. The Morgan fingerprint density at radius 2 is 2.00 bits per heavy atom. The van der Waals surface area contributed by atoms with Gasteiger partial charge in [-0.05, 0) is 24.6 Å². The molecule has 1 amide bonds. The number of hydrogen-bond donors (Lipinski definition) is 2. The van der Waals surface area contributed by atoms with Gasteiger partial charge in [-0.25, -0.2) is 4.79 Å². The zero-order chi connectivity index (χ0) is 17.2. The summed E-state index contributed by atoms with van der Waals surface area (Å²) in [5.41, 5.74) is 0.284. The van der Waals surface area contributed by atoms with Gasteiger partial charge in [-0.15, -0.1) is 0 Å². The van der Waals surface area contributed by atoms with Gasteiger partial charge in [-0.1, -0.05) is 13.3 Å². The van der Waals surface area contributed by atoms with Crippen LogP contribution in [0.1, 0.15) is 30.1 Å². The first kappa shape index (κ1) is 18.8. The van der Waals surface area contributed by atoms with Gasteiger partial charge in [-0.3, -0.25) is 4.79 Å². The number of carbonyl (C=O) groups excluding carboxylic acids is 1. The fourth-order valence-corrected chi connectivity index (χ4v) is 1.84. The average molecular weight is 325 g/mol. The molecule has 1 aromatic rings. The van der Waals surface area contributed by atoms with E-state index >= 15 is 0 Å². The maximum Gasteiger partial charge on any atom is 0.328 e. The number of hydrogen-bond acceptors (Lipinski definition) is 5. The maximum absolute atomic E-state index is 12.1. The second kappa shape index (κ2) is 9.68. The van der Waals surface area contributed by atoms with Gasteiger partial charge in [-0.2, -0.15) is 0 Å². The van der Waals surface area contributed by atoms with E-state index in [0.717, 1.165) is 12.8 Å². The first-order valence-electron chi connectivity index (χ1n) is 7.36. The van der Waals surface area contributed by atoms with Gasteiger partial charge in [0.05, 0.1) is 20.3 Å². The summed E-state index contributed by atoms with van der Waals surface area (Å²) in [6.07, 6.45) is 1.93. The molecule has 0 heterocycles. The number of amides is 1. The normalized spacial score (nSPS) is 11.6. The second-order valence-electron chi connectivity index (χ2n) is 4.89. The number of benzene rings is 1. The number of methoxy groups -OCH3 is 2. The molecule has 0 spiro atoms. The molecule has 0 saturated heterocycles. The van der Waals surface area contributed by atoms with Crippen molar-refractivity contribution < 1.29 is 28.9 Å². The van der Waals surface area contributed by atoms with Crippen LogP contribution in [-0.2, 0) is 9.53 Å². The average Bonchev–Trinajstić information content (AvgIpc) is 2.54. The Bertz CT molecular complexity index is 531. The van der Waals surface area contributed by atoms with Crippen molar-refractivity contribution in [3.63, 3.8) is 0 Å². The summed E-state index contributed by atoms with van der Waals surface area (Å²) in [4.78, 5) is 23.2. The van der Waals surface area contributed by atoms with Crippen LogP contribution >= 0.6 is 0 Å². The lowest BCUT2D eigenvalue weighted by molar-refractivity contribution is -0.140. The van der Waals surface area contributed by atoms with Crippen LogP contribution in [0, 0.1) is 0 Å². The smallest absolute Gasteiger partial charge is 0.328 e. The quantitative estimate of drug-likeness (QED) is 0.636. The van der Waals surface area contributed by atoms with Crippen LogP contribution in [0.3, 0.4) is 0 Å². The summed E-state index contributed by atoms with van der Waals surface area (Å²) < 4.78 is 15.6. The lowest BCUT2D eigenvalue weighted by Crippen LogP contribution is -2.43. The van der Waals surface area contributed by atoms with Gasteiger partial charge >= 0.3 is 5.97 Å². The van der Waals surface area contributed by atoms with Gasteiger partial charge in [0.25, 0.3) is 5.91 Å². The van der Waals surface area contributed by atoms with E-state index in [4.69, 9.17) is 19.3 Å². The zero-order valence-electron chi connectivity index (χ0n) is 13.6. The van der Waals surface area contributed by atoms with E-state index in [1.165, 1.54) is 20.3 Å². The molecule has 0 bridgehead atoms. The predicted molar refractivity (Wildman–Crippen MR) is 84.2 cm³/mol. The van der Waals surface area contributed by atoms with Gasteiger partial charge in [0.1, 0.15) is 0 Å². The predicted octanol–water partition coefficient (Wildman–Crippen LogP) is 1.70. The van der Waals surface area contributed by atoms with Gasteiger partial charge < -0.3 is 24.6 Å². The fraction of sp³-hybridized carbons (Fsp3) is 0.500. The van der Waals surface area contributed by atoms with E-state index in [0.29, 0.717) is 18.1 Å². The van der Waals surface area contributed by atoms with Gasteiger partial charge in [0.15, 0.2) is 17.5 Å². The Kier molecular flexibility index (Phi) is 7.90. The van der Waals surface area contributed by atoms with Crippen molar-refractivity contribution in [2.75, 3.05) is 27.4 Å². The SMILES string of the molecule is CCCCOc1ccc(C(=O)NC(COC)C(=O)O)cc1OC. The minimum atomic E-state index is -1.16. The van der Waals surface area contributed by atoms with Crippen molar-refractivity contribution in [1.29, 1.82) is 0 Å². The molecule has 7 heteroatoms. The van der Waals surface area contributed by atoms with E-state index < -0.39 is 17.9 Å². The molecular formula is C16H23NO6. The second-order valence-corrected chi connectivity index (χ2v) is 4.89. The molecule has 0 aliphatic heterocycles. The minimum Gasteiger partial charge on any atom is -0.493 e. The number of nitrogens with one attached hydrogen (secondary N) is 1. The molecule has 0 aliphatic rings. The van der Waals surface area contributed by atoms with Crippen molar-refractivity contribution in [3.05, 3.63) is 23.8 Å². The van der Waals surface area contributed by atoms with Crippen LogP contribution in [0.15, 0.2) is 18.2 Å². The molecular weight excluding hydrogens is 302 g/mol. The summed E-state index contributed by atoms with van der Waals surface area (Å²) >= 11 is 0. The van der Waals surface area contributed by atoms with Gasteiger partial charge in [0.2, 0.25) is 0 Å². The highest BCUT2D eigenvalue weighted by atomic mass is 16.5. The number of carbonyl (C=O) groups is 2. The highest BCUT2D eigenvalue weighted by Crippen LogP contribution is 2.28. The number of rotatable bonds is 10. The molecule has 0 aromatic heterocycles. The third-order valence-corrected chi connectivity index (χ3v) is 3.12. The Balaban J connectivity index is 2.83.